The second-order valence-corrected chi connectivity index (χ2v) is 7.65. The highest BCUT2D eigenvalue weighted by atomic mass is 16.2. The molecule has 0 bridgehead atoms. The van der Waals surface area contributed by atoms with Crippen molar-refractivity contribution in [1.29, 1.82) is 0 Å². The van der Waals surface area contributed by atoms with Crippen LogP contribution < -0.4 is 10.6 Å². The molecule has 0 aliphatic heterocycles. The van der Waals surface area contributed by atoms with Crippen LogP contribution in [0.3, 0.4) is 0 Å². The van der Waals surface area contributed by atoms with Gasteiger partial charge in [-0.2, -0.15) is 0 Å². The van der Waals surface area contributed by atoms with E-state index in [0.29, 0.717) is 17.2 Å². The zero-order valence-corrected chi connectivity index (χ0v) is 16.1. The molecular weight excluding hydrogens is 348 g/mol. The zero-order chi connectivity index (χ0) is 19.7. The number of anilines is 1. The number of hydrogen-bond acceptors (Lipinski definition) is 2. The Morgan fingerprint density at radius 2 is 1.71 bits per heavy atom. The smallest absolute Gasteiger partial charge is 0.251 e. The predicted molar refractivity (Wildman–Crippen MR) is 112 cm³/mol. The molecule has 1 saturated carbocycles. The fourth-order valence-corrected chi connectivity index (χ4v) is 3.65. The zero-order valence-electron chi connectivity index (χ0n) is 16.1. The van der Waals surface area contributed by atoms with Crippen molar-refractivity contribution in [1.82, 2.24) is 5.32 Å². The second kappa shape index (κ2) is 7.47. The third kappa shape index (κ3) is 3.77. The molecule has 0 spiro atoms. The van der Waals surface area contributed by atoms with E-state index < -0.39 is 0 Å². The molecule has 3 aromatic carbocycles. The van der Waals surface area contributed by atoms with Crippen molar-refractivity contribution >= 4 is 28.3 Å². The summed E-state index contributed by atoms with van der Waals surface area (Å²) in [5.74, 6) is 0.433. The lowest BCUT2D eigenvalue weighted by Gasteiger charge is -2.17. The molecule has 2 amide bonds. The SMILES string of the molecule is CC(NC(=O)c1cccc(NC(=O)C2CC2C)c1)c1cccc2ccccc12. The number of benzene rings is 3. The number of nitrogens with one attached hydrogen (secondary N) is 2. The van der Waals surface area contributed by atoms with Crippen LogP contribution in [-0.4, -0.2) is 11.8 Å². The number of hydrogen-bond donors (Lipinski definition) is 2. The number of carbonyl (C=O) groups excluding carboxylic acids is 2. The highest BCUT2D eigenvalue weighted by molar-refractivity contribution is 5.98. The lowest BCUT2D eigenvalue weighted by molar-refractivity contribution is -0.117. The fourth-order valence-electron chi connectivity index (χ4n) is 3.65. The molecule has 2 N–H and O–H groups in total. The molecule has 0 saturated heterocycles. The highest BCUT2D eigenvalue weighted by Gasteiger charge is 2.39. The van der Waals surface area contributed by atoms with Gasteiger partial charge in [-0.25, -0.2) is 0 Å². The molecule has 1 fully saturated rings. The van der Waals surface area contributed by atoms with Gasteiger partial charge >= 0.3 is 0 Å². The van der Waals surface area contributed by atoms with Gasteiger partial charge in [-0.3, -0.25) is 9.59 Å². The van der Waals surface area contributed by atoms with Crippen LogP contribution in [0.15, 0.2) is 66.7 Å². The van der Waals surface area contributed by atoms with E-state index in [-0.39, 0.29) is 23.8 Å². The molecule has 4 nitrogen and oxygen atoms in total. The third-order valence-corrected chi connectivity index (χ3v) is 5.48. The van der Waals surface area contributed by atoms with E-state index in [0.717, 1.165) is 22.8 Å². The van der Waals surface area contributed by atoms with E-state index in [2.05, 4.69) is 35.8 Å². The van der Waals surface area contributed by atoms with E-state index in [1.165, 1.54) is 0 Å². The normalized spacial score (nSPS) is 19.1. The Morgan fingerprint density at radius 3 is 2.50 bits per heavy atom. The average molecular weight is 372 g/mol. The summed E-state index contributed by atoms with van der Waals surface area (Å²) in [6, 6.07) is 21.3. The lowest BCUT2D eigenvalue weighted by Crippen LogP contribution is -2.27. The quantitative estimate of drug-likeness (QED) is 0.667. The topological polar surface area (TPSA) is 58.2 Å². The van der Waals surface area contributed by atoms with E-state index in [9.17, 15) is 9.59 Å². The van der Waals surface area contributed by atoms with Crippen LogP contribution in [0, 0.1) is 11.8 Å². The third-order valence-electron chi connectivity index (χ3n) is 5.48. The molecule has 4 rings (SSSR count). The van der Waals surface area contributed by atoms with Crippen LogP contribution in [0.5, 0.6) is 0 Å². The van der Waals surface area contributed by atoms with Crippen molar-refractivity contribution in [2.45, 2.75) is 26.3 Å². The van der Waals surface area contributed by atoms with Crippen LogP contribution in [0.4, 0.5) is 5.69 Å². The molecule has 1 aliphatic rings. The lowest BCUT2D eigenvalue weighted by atomic mass is 9.99. The maximum atomic E-state index is 12.8. The van der Waals surface area contributed by atoms with E-state index >= 15 is 0 Å². The molecule has 0 radical (unpaired) electrons. The van der Waals surface area contributed by atoms with Gasteiger partial charge in [0.05, 0.1) is 6.04 Å². The maximum absolute atomic E-state index is 12.8. The molecule has 142 valence electrons. The van der Waals surface area contributed by atoms with E-state index in [1.807, 2.05) is 37.3 Å². The Morgan fingerprint density at radius 1 is 1.00 bits per heavy atom. The largest absolute Gasteiger partial charge is 0.345 e. The van der Waals surface area contributed by atoms with Crippen LogP contribution in [0.25, 0.3) is 10.8 Å². The number of fused-ring (bicyclic) bond motifs is 1. The van der Waals surface area contributed by atoms with Crippen LogP contribution in [-0.2, 0) is 4.79 Å². The summed E-state index contributed by atoms with van der Waals surface area (Å²) in [4.78, 5) is 24.9. The first-order valence-corrected chi connectivity index (χ1v) is 9.72. The van der Waals surface area contributed by atoms with Gasteiger partial charge in [-0.1, -0.05) is 55.5 Å². The van der Waals surface area contributed by atoms with Crippen molar-refractivity contribution in [3.05, 3.63) is 77.9 Å². The summed E-state index contributed by atoms with van der Waals surface area (Å²) in [5, 5.41) is 8.28. The summed E-state index contributed by atoms with van der Waals surface area (Å²) >= 11 is 0. The van der Waals surface area contributed by atoms with Crippen molar-refractivity contribution in [3.63, 3.8) is 0 Å². The van der Waals surface area contributed by atoms with Gasteiger partial charge in [0.25, 0.3) is 5.91 Å². The molecular formula is C24H24N2O2. The molecule has 3 atom stereocenters. The summed E-state index contributed by atoms with van der Waals surface area (Å²) in [6.45, 7) is 4.06. The second-order valence-electron chi connectivity index (χ2n) is 7.65. The van der Waals surface area contributed by atoms with Gasteiger partial charge in [0.15, 0.2) is 0 Å². The molecule has 3 unspecified atom stereocenters. The summed E-state index contributed by atoms with van der Waals surface area (Å²) in [5.41, 5.74) is 2.28. The summed E-state index contributed by atoms with van der Waals surface area (Å²) in [7, 11) is 0. The Kier molecular flexibility index (Phi) is 4.86. The molecule has 0 aromatic heterocycles. The predicted octanol–water partition coefficient (Wildman–Crippen LogP) is 4.93. The van der Waals surface area contributed by atoms with Gasteiger partial charge in [-0.05, 0) is 53.8 Å². The number of rotatable bonds is 5. The molecule has 3 aromatic rings. The Labute approximate surface area is 165 Å². The first-order valence-electron chi connectivity index (χ1n) is 9.72. The van der Waals surface area contributed by atoms with Gasteiger partial charge in [-0.15, -0.1) is 0 Å². The minimum absolute atomic E-state index is 0.0363. The summed E-state index contributed by atoms with van der Waals surface area (Å²) < 4.78 is 0. The standard InChI is InChI=1S/C24H24N2O2/c1-15-13-22(15)24(28)26-19-10-5-9-18(14-19)23(27)25-16(2)20-12-6-8-17-7-3-4-11-21(17)20/h3-12,14-16,22H,13H2,1-2H3,(H,25,27)(H,26,28). The van der Waals surface area contributed by atoms with Crippen LogP contribution in [0.1, 0.15) is 42.2 Å². The molecule has 1 aliphatic carbocycles. The molecule has 4 heteroatoms. The van der Waals surface area contributed by atoms with Crippen molar-refractivity contribution in [2.24, 2.45) is 11.8 Å². The van der Waals surface area contributed by atoms with E-state index in [4.69, 9.17) is 0 Å². The maximum Gasteiger partial charge on any atom is 0.251 e. The van der Waals surface area contributed by atoms with Crippen molar-refractivity contribution < 1.29 is 9.59 Å². The van der Waals surface area contributed by atoms with Crippen molar-refractivity contribution in [3.8, 4) is 0 Å². The number of carbonyl (C=O) groups is 2. The van der Waals surface area contributed by atoms with Crippen LogP contribution in [0.2, 0.25) is 0 Å². The van der Waals surface area contributed by atoms with Crippen molar-refractivity contribution in [2.75, 3.05) is 5.32 Å². The highest BCUT2D eigenvalue weighted by Crippen LogP contribution is 2.38. The van der Waals surface area contributed by atoms with Gasteiger partial charge in [0.2, 0.25) is 5.91 Å². The Bertz CT molecular complexity index is 1040. The molecule has 28 heavy (non-hydrogen) atoms. The average Bonchev–Trinajstić information content (AvgIpc) is 3.44. The monoisotopic (exact) mass is 372 g/mol. The van der Waals surface area contributed by atoms with Gasteiger partial charge < -0.3 is 10.6 Å². The minimum atomic E-state index is -0.156. The van der Waals surface area contributed by atoms with Gasteiger partial charge in [0, 0.05) is 17.2 Å². The van der Waals surface area contributed by atoms with E-state index in [1.54, 1.807) is 18.2 Å². The minimum Gasteiger partial charge on any atom is -0.345 e. The summed E-state index contributed by atoms with van der Waals surface area (Å²) in [6.07, 6.45) is 0.939. The Balaban J connectivity index is 1.48. The number of amides is 2. The van der Waals surface area contributed by atoms with Gasteiger partial charge in [0.1, 0.15) is 0 Å². The van der Waals surface area contributed by atoms with Crippen LogP contribution >= 0.6 is 0 Å². The molecule has 0 heterocycles. The fraction of sp³-hybridized carbons (Fsp3) is 0.250. The first-order chi connectivity index (χ1) is 13.5. The first kappa shape index (κ1) is 18.2. The Hall–Kier alpha value is -3.14.